The fraction of sp³-hybridized carbons (Fsp3) is 0.774. The van der Waals surface area contributed by atoms with Crippen molar-refractivity contribution < 1.29 is 23.8 Å². The quantitative estimate of drug-likeness (QED) is 0.0348. The summed E-state index contributed by atoms with van der Waals surface area (Å²) in [5, 5.41) is 0. The lowest BCUT2D eigenvalue weighted by Crippen LogP contribution is -2.30. The minimum absolute atomic E-state index is 0.0716. The fourth-order valence-corrected chi connectivity index (χ4v) is 6.85. The van der Waals surface area contributed by atoms with E-state index in [0.717, 1.165) is 89.9 Å². The van der Waals surface area contributed by atoms with Gasteiger partial charge in [-0.1, -0.05) is 204 Å². The molecule has 336 valence electrons. The molecule has 0 saturated heterocycles. The van der Waals surface area contributed by atoms with Crippen LogP contribution in [0, 0.1) is 0 Å². The van der Waals surface area contributed by atoms with E-state index in [1.165, 1.54) is 116 Å². The average Bonchev–Trinajstić information content (AvgIpc) is 3.22. The Morgan fingerprint density at radius 2 is 0.776 bits per heavy atom. The Morgan fingerprint density at radius 1 is 0.397 bits per heavy atom. The van der Waals surface area contributed by atoms with E-state index in [1.807, 2.05) is 0 Å². The molecule has 0 N–H and O–H groups in total. The summed E-state index contributed by atoms with van der Waals surface area (Å²) in [4.78, 5) is 25.1. The number of unbranched alkanes of at least 4 members (excludes halogenated alkanes) is 24. The van der Waals surface area contributed by atoms with Crippen molar-refractivity contribution in [3.63, 3.8) is 0 Å². The van der Waals surface area contributed by atoms with Crippen molar-refractivity contribution in [2.75, 3.05) is 19.8 Å². The second-order valence-corrected chi connectivity index (χ2v) is 16.3. The molecule has 0 rings (SSSR count). The van der Waals surface area contributed by atoms with Crippen LogP contribution in [0.25, 0.3) is 0 Å². The molecule has 0 aliphatic rings. The summed E-state index contributed by atoms with van der Waals surface area (Å²) in [5.74, 6) is -0.434. The van der Waals surface area contributed by atoms with E-state index in [9.17, 15) is 9.59 Å². The Labute approximate surface area is 360 Å². The van der Waals surface area contributed by atoms with Crippen LogP contribution in [-0.4, -0.2) is 37.9 Å². The monoisotopic (exact) mass is 811 g/mol. The van der Waals surface area contributed by atoms with Crippen LogP contribution in [0.5, 0.6) is 0 Å². The van der Waals surface area contributed by atoms with Gasteiger partial charge in [-0.05, 0) is 83.5 Å². The van der Waals surface area contributed by atoms with E-state index >= 15 is 0 Å². The summed E-state index contributed by atoms with van der Waals surface area (Å²) in [5.41, 5.74) is 0. The number of allylic oxidation sites excluding steroid dienone is 10. The number of carbonyl (C=O) groups excluding carboxylic acids is 2. The lowest BCUT2D eigenvalue weighted by Gasteiger charge is -2.18. The van der Waals surface area contributed by atoms with Gasteiger partial charge in [-0.2, -0.15) is 0 Å². The van der Waals surface area contributed by atoms with Crippen LogP contribution < -0.4 is 0 Å². The third kappa shape index (κ3) is 46.3. The fourth-order valence-electron chi connectivity index (χ4n) is 6.85. The molecule has 5 nitrogen and oxygen atoms in total. The normalized spacial score (nSPS) is 12.7. The Hall–Kier alpha value is -2.40. The molecule has 0 aliphatic heterocycles. The van der Waals surface area contributed by atoms with E-state index in [2.05, 4.69) is 81.5 Å². The highest BCUT2D eigenvalue weighted by atomic mass is 16.6. The smallest absolute Gasteiger partial charge is 0.306 e. The Balaban J connectivity index is 4.04. The molecule has 5 heteroatoms. The van der Waals surface area contributed by atoms with Gasteiger partial charge in [-0.25, -0.2) is 0 Å². The second kappa shape index (κ2) is 49.0. The van der Waals surface area contributed by atoms with Gasteiger partial charge in [0.25, 0.3) is 0 Å². The zero-order valence-electron chi connectivity index (χ0n) is 38.6. The topological polar surface area (TPSA) is 61.8 Å². The molecule has 58 heavy (non-hydrogen) atoms. The van der Waals surface area contributed by atoms with Gasteiger partial charge in [0.05, 0.1) is 6.61 Å². The molecule has 0 saturated carbocycles. The first-order valence-corrected chi connectivity index (χ1v) is 24.8. The molecule has 1 unspecified atom stereocenters. The van der Waals surface area contributed by atoms with Gasteiger partial charge in [0.2, 0.25) is 0 Å². The Morgan fingerprint density at radius 3 is 1.26 bits per heavy atom. The predicted octanol–water partition coefficient (Wildman–Crippen LogP) is 16.6. The number of hydrogen-bond donors (Lipinski definition) is 0. The first-order chi connectivity index (χ1) is 28.6. The highest BCUT2D eigenvalue weighted by Crippen LogP contribution is 2.14. The SMILES string of the molecule is CC/C=C\C/C=C\C/C=C\C/C=C\CCCCCCC(=O)OCC(COCCCCCCCCCCCC/C=C\CCCCCCCC)OC(=O)CCCCCCC. The average molecular weight is 811 g/mol. The van der Waals surface area contributed by atoms with Crippen molar-refractivity contribution in [3.8, 4) is 0 Å². The minimum atomic E-state index is -0.542. The first kappa shape index (κ1) is 55.6. The second-order valence-electron chi connectivity index (χ2n) is 16.3. The van der Waals surface area contributed by atoms with Gasteiger partial charge in [-0.15, -0.1) is 0 Å². The molecular weight excluding hydrogens is 717 g/mol. The van der Waals surface area contributed by atoms with E-state index in [-0.39, 0.29) is 25.2 Å². The summed E-state index contributed by atoms with van der Waals surface area (Å²) < 4.78 is 17.2. The molecular formula is C53H94O5. The van der Waals surface area contributed by atoms with E-state index in [4.69, 9.17) is 14.2 Å². The van der Waals surface area contributed by atoms with Crippen LogP contribution in [0.2, 0.25) is 0 Å². The zero-order valence-corrected chi connectivity index (χ0v) is 38.6. The molecule has 0 aromatic heterocycles. The van der Waals surface area contributed by atoms with E-state index < -0.39 is 6.10 Å². The summed E-state index contributed by atoms with van der Waals surface area (Å²) in [6.07, 6.45) is 61.2. The van der Waals surface area contributed by atoms with Crippen LogP contribution >= 0.6 is 0 Å². The molecule has 0 aromatic carbocycles. The Bertz CT molecular complexity index is 1010. The molecule has 0 aliphatic carbocycles. The third-order valence-electron chi connectivity index (χ3n) is 10.5. The Kier molecular flexibility index (Phi) is 46.9. The number of carbonyl (C=O) groups is 2. The first-order valence-electron chi connectivity index (χ1n) is 24.8. The summed E-state index contributed by atoms with van der Waals surface area (Å²) in [6, 6.07) is 0. The molecule has 0 fully saturated rings. The molecule has 0 aromatic rings. The van der Waals surface area contributed by atoms with Crippen LogP contribution in [0.4, 0.5) is 0 Å². The maximum Gasteiger partial charge on any atom is 0.306 e. The van der Waals surface area contributed by atoms with Crippen molar-refractivity contribution in [2.45, 2.75) is 245 Å². The number of esters is 2. The largest absolute Gasteiger partial charge is 0.462 e. The van der Waals surface area contributed by atoms with Gasteiger partial charge in [0.15, 0.2) is 6.10 Å². The molecule has 0 spiro atoms. The van der Waals surface area contributed by atoms with Crippen LogP contribution in [0.3, 0.4) is 0 Å². The standard InChI is InChI=1S/C53H94O5/c1-4-7-10-13-15-17-19-21-23-25-26-27-29-31-33-35-37-39-42-45-48-56-49-51(58-53(55)47-44-40-12-9-6-3)50-57-52(54)46-43-41-38-36-34-32-30-28-24-22-20-18-16-14-11-8-5-2/h8,11,16,18,21-24,30,32,51H,4-7,9-10,12-15,17,19-20,25-29,31,33-50H2,1-3H3/b11-8-,18-16-,23-21-,24-22-,32-30-. The van der Waals surface area contributed by atoms with Crippen molar-refractivity contribution in [2.24, 2.45) is 0 Å². The maximum atomic E-state index is 12.6. The van der Waals surface area contributed by atoms with Crippen LogP contribution in [0.15, 0.2) is 60.8 Å². The lowest BCUT2D eigenvalue weighted by molar-refractivity contribution is -0.163. The van der Waals surface area contributed by atoms with Gasteiger partial charge in [0, 0.05) is 19.4 Å². The number of ether oxygens (including phenoxy) is 3. The van der Waals surface area contributed by atoms with Crippen molar-refractivity contribution >= 4 is 11.9 Å². The highest BCUT2D eigenvalue weighted by molar-refractivity contribution is 5.70. The van der Waals surface area contributed by atoms with Gasteiger partial charge in [-0.3, -0.25) is 9.59 Å². The summed E-state index contributed by atoms with van der Waals surface area (Å²) in [6.45, 7) is 7.62. The predicted molar refractivity (Wildman–Crippen MR) is 251 cm³/mol. The molecule has 0 amide bonds. The maximum absolute atomic E-state index is 12.6. The molecule has 1 atom stereocenters. The van der Waals surface area contributed by atoms with Gasteiger partial charge >= 0.3 is 11.9 Å². The summed E-state index contributed by atoms with van der Waals surface area (Å²) in [7, 11) is 0. The van der Waals surface area contributed by atoms with Crippen molar-refractivity contribution in [1.82, 2.24) is 0 Å². The van der Waals surface area contributed by atoms with Crippen LogP contribution in [0.1, 0.15) is 239 Å². The van der Waals surface area contributed by atoms with Gasteiger partial charge in [0.1, 0.15) is 6.61 Å². The third-order valence-corrected chi connectivity index (χ3v) is 10.5. The van der Waals surface area contributed by atoms with Crippen LogP contribution in [-0.2, 0) is 23.8 Å². The summed E-state index contributed by atoms with van der Waals surface area (Å²) >= 11 is 0. The zero-order chi connectivity index (χ0) is 42.1. The molecule has 0 radical (unpaired) electrons. The van der Waals surface area contributed by atoms with Gasteiger partial charge < -0.3 is 14.2 Å². The molecule has 0 heterocycles. The van der Waals surface area contributed by atoms with Crippen molar-refractivity contribution in [3.05, 3.63) is 60.8 Å². The highest BCUT2D eigenvalue weighted by Gasteiger charge is 2.17. The molecule has 0 bridgehead atoms. The lowest BCUT2D eigenvalue weighted by atomic mass is 10.1. The van der Waals surface area contributed by atoms with Crippen molar-refractivity contribution in [1.29, 1.82) is 0 Å². The van der Waals surface area contributed by atoms with E-state index in [1.54, 1.807) is 0 Å². The van der Waals surface area contributed by atoms with E-state index in [0.29, 0.717) is 19.4 Å². The minimum Gasteiger partial charge on any atom is -0.462 e. The number of rotatable bonds is 45. The number of hydrogen-bond acceptors (Lipinski definition) is 5.